The number of nitrogens with two attached hydrogens (primary N) is 1. The third-order valence-electron chi connectivity index (χ3n) is 2.82. The molecule has 0 aromatic heterocycles. The average molecular weight is 284 g/mol. The van der Waals surface area contributed by atoms with Crippen molar-refractivity contribution in [3.8, 4) is 0 Å². The van der Waals surface area contributed by atoms with Gasteiger partial charge in [-0.2, -0.15) is 0 Å². The molecule has 0 saturated carbocycles. The first kappa shape index (κ1) is 16.0. The van der Waals surface area contributed by atoms with Crippen molar-refractivity contribution < 1.29 is 25.0 Å². The number of carbonyl (C=O) groups is 1. The lowest BCUT2D eigenvalue weighted by Gasteiger charge is -2.17. The van der Waals surface area contributed by atoms with E-state index >= 15 is 0 Å². The number of hydrogen-bond donors (Lipinski definition) is 4. The van der Waals surface area contributed by atoms with Gasteiger partial charge in [0.2, 0.25) is 0 Å². The van der Waals surface area contributed by atoms with Crippen LogP contribution in [0.1, 0.15) is 23.7 Å². The molecular weight excluding hydrogens is 268 g/mol. The van der Waals surface area contributed by atoms with Crippen molar-refractivity contribution in [3.05, 3.63) is 39.4 Å². The van der Waals surface area contributed by atoms with Gasteiger partial charge in [-0.1, -0.05) is 12.1 Å². The molecule has 0 aliphatic heterocycles. The second-order valence-electron chi connectivity index (χ2n) is 4.31. The van der Waals surface area contributed by atoms with E-state index in [1.54, 1.807) is 0 Å². The van der Waals surface area contributed by atoms with E-state index in [2.05, 4.69) is 0 Å². The van der Waals surface area contributed by atoms with Crippen molar-refractivity contribution in [3.63, 3.8) is 0 Å². The van der Waals surface area contributed by atoms with E-state index in [0.717, 1.165) is 6.07 Å². The topological polar surface area (TPSA) is 147 Å². The summed E-state index contributed by atoms with van der Waals surface area (Å²) in [6, 6.07) is 3.69. The van der Waals surface area contributed by atoms with E-state index < -0.39 is 35.2 Å². The number of nitro groups is 1. The Morgan fingerprint density at radius 3 is 2.55 bits per heavy atom. The maximum absolute atomic E-state index is 10.9. The third-order valence-corrected chi connectivity index (χ3v) is 2.82. The van der Waals surface area contributed by atoms with Gasteiger partial charge in [-0.15, -0.1) is 0 Å². The van der Waals surface area contributed by atoms with Crippen LogP contribution in [0.5, 0.6) is 0 Å². The minimum absolute atomic E-state index is 0.0340. The summed E-state index contributed by atoms with van der Waals surface area (Å²) in [6.45, 7) is 0.164. The normalized spacial score (nSPS) is 13.8. The molecule has 2 unspecified atom stereocenters. The second kappa shape index (κ2) is 6.94. The summed E-state index contributed by atoms with van der Waals surface area (Å²) >= 11 is 0. The van der Waals surface area contributed by atoms with Gasteiger partial charge in [0.1, 0.15) is 6.10 Å². The lowest BCUT2D eigenvalue weighted by atomic mass is 9.98. The summed E-state index contributed by atoms with van der Waals surface area (Å²) in [7, 11) is 0. The number of aliphatic hydroxyl groups is 2. The molecule has 20 heavy (non-hydrogen) atoms. The second-order valence-corrected chi connectivity index (χ2v) is 4.31. The molecule has 5 N–H and O–H groups in total. The van der Waals surface area contributed by atoms with Crippen molar-refractivity contribution in [1.29, 1.82) is 0 Å². The molecule has 1 aromatic rings. The molecule has 1 aromatic carbocycles. The SMILES string of the molecule is NCCC(O)C(O)c1ccc(CC(=O)O)c([N+](=O)[O-])c1. The average Bonchev–Trinajstić information content (AvgIpc) is 2.37. The Balaban J connectivity index is 3.09. The van der Waals surface area contributed by atoms with Crippen LogP contribution in [0.3, 0.4) is 0 Å². The molecule has 0 saturated heterocycles. The number of nitro benzene ring substituents is 1. The quantitative estimate of drug-likeness (QED) is 0.406. The Morgan fingerprint density at radius 2 is 2.05 bits per heavy atom. The van der Waals surface area contributed by atoms with Gasteiger partial charge in [-0.3, -0.25) is 14.9 Å². The summed E-state index contributed by atoms with van der Waals surface area (Å²) in [5, 5.41) is 39.1. The Labute approximate surface area is 114 Å². The van der Waals surface area contributed by atoms with Crippen molar-refractivity contribution >= 4 is 11.7 Å². The number of nitrogens with zero attached hydrogens (tertiary/aromatic N) is 1. The Hall–Kier alpha value is -2.03. The van der Waals surface area contributed by atoms with Crippen LogP contribution in [0.2, 0.25) is 0 Å². The zero-order chi connectivity index (χ0) is 15.3. The van der Waals surface area contributed by atoms with Gasteiger partial charge in [0.05, 0.1) is 17.4 Å². The van der Waals surface area contributed by atoms with Gasteiger partial charge in [-0.25, -0.2) is 0 Å². The fourth-order valence-corrected chi connectivity index (χ4v) is 1.80. The van der Waals surface area contributed by atoms with E-state index in [-0.39, 0.29) is 24.1 Å². The Bertz CT molecular complexity index is 505. The minimum atomic E-state index is -1.31. The zero-order valence-electron chi connectivity index (χ0n) is 10.6. The van der Waals surface area contributed by atoms with Crippen molar-refractivity contribution in [1.82, 2.24) is 0 Å². The number of aliphatic hydroxyl groups excluding tert-OH is 2. The Morgan fingerprint density at radius 1 is 1.40 bits per heavy atom. The molecule has 0 heterocycles. The van der Waals surface area contributed by atoms with Crippen molar-refractivity contribution in [2.24, 2.45) is 5.73 Å². The maximum Gasteiger partial charge on any atom is 0.308 e. The van der Waals surface area contributed by atoms with Crippen LogP contribution in [-0.2, 0) is 11.2 Å². The number of carboxylic acid groups (broad SMARTS) is 1. The lowest BCUT2D eigenvalue weighted by molar-refractivity contribution is -0.385. The third kappa shape index (κ3) is 3.98. The van der Waals surface area contributed by atoms with E-state index in [4.69, 9.17) is 10.8 Å². The van der Waals surface area contributed by atoms with Gasteiger partial charge in [0, 0.05) is 11.6 Å². The van der Waals surface area contributed by atoms with Crippen LogP contribution < -0.4 is 5.73 Å². The first-order chi connectivity index (χ1) is 9.36. The van der Waals surface area contributed by atoms with E-state index in [1.807, 2.05) is 0 Å². The molecule has 0 spiro atoms. The molecule has 0 amide bonds. The largest absolute Gasteiger partial charge is 0.481 e. The van der Waals surface area contributed by atoms with Crippen LogP contribution in [0.25, 0.3) is 0 Å². The highest BCUT2D eigenvalue weighted by Crippen LogP contribution is 2.26. The maximum atomic E-state index is 10.9. The lowest BCUT2D eigenvalue weighted by Crippen LogP contribution is -2.22. The minimum Gasteiger partial charge on any atom is -0.481 e. The van der Waals surface area contributed by atoms with E-state index in [9.17, 15) is 25.1 Å². The molecule has 0 bridgehead atoms. The fraction of sp³-hybridized carbons (Fsp3) is 0.417. The standard InChI is InChI=1S/C12H16N2O6/c13-4-3-10(15)12(18)8-2-1-7(6-11(16)17)9(5-8)14(19)20/h1-2,5,10,12,15,18H,3-4,6,13H2,(H,16,17). The molecular formula is C12H16N2O6. The number of hydrogen-bond acceptors (Lipinski definition) is 6. The predicted molar refractivity (Wildman–Crippen MR) is 69.1 cm³/mol. The Kier molecular flexibility index (Phi) is 5.56. The highest BCUT2D eigenvalue weighted by atomic mass is 16.6. The van der Waals surface area contributed by atoms with Crippen LogP contribution in [-0.4, -0.2) is 38.9 Å². The number of carboxylic acids is 1. The van der Waals surface area contributed by atoms with Gasteiger partial charge in [0.15, 0.2) is 0 Å². The highest BCUT2D eigenvalue weighted by molar-refractivity contribution is 5.72. The number of benzene rings is 1. The highest BCUT2D eigenvalue weighted by Gasteiger charge is 2.23. The molecule has 0 aliphatic rings. The van der Waals surface area contributed by atoms with Gasteiger partial charge in [0.25, 0.3) is 5.69 Å². The summed E-state index contributed by atoms with van der Waals surface area (Å²) < 4.78 is 0. The first-order valence-electron chi connectivity index (χ1n) is 5.92. The number of aliphatic carboxylic acids is 1. The molecule has 8 nitrogen and oxygen atoms in total. The predicted octanol–water partition coefficient (Wildman–Crippen LogP) is -0.0350. The number of rotatable bonds is 7. The molecule has 0 aliphatic carbocycles. The molecule has 0 radical (unpaired) electrons. The summed E-state index contributed by atoms with van der Waals surface area (Å²) in [5.74, 6) is -1.19. The van der Waals surface area contributed by atoms with Crippen LogP contribution in [0, 0.1) is 10.1 Å². The van der Waals surface area contributed by atoms with Crippen molar-refractivity contribution in [2.45, 2.75) is 25.0 Å². The van der Waals surface area contributed by atoms with Crippen LogP contribution >= 0.6 is 0 Å². The van der Waals surface area contributed by atoms with E-state index in [0.29, 0.717) is 0 Å². The summed E-state index contributed by atoms with van der Waals surface area (Å²) in [4.78, 5) is 20.8. The molecule has 1 rings (SSSR count). The monoisotopic (exact) mass is 284 g/mol. The summed E-state index contributed by atoms with van der Waals surface area (Å²) in [5.41, 5.74) is 5.04. The molecule has 110 valence electrons. The first-order valence-corrected chi connectivity index (χ1v) is 5.92. The molecule has 8 heteroatoms. The zero-order valence-corrected chi connectivity index (χ0v) is 10.6. The van der Waals surface area contributed by atoms with Crippen molar-refractivity contribution in [2.75, 3.05) is 6.54 Å². The van der Waals surface area contributed by atoms with Gasteiger partial charge >= 0.3 is 5.97 Å². The van der Waals surface area contributed by atoms with E-state index in [1.165, 1.54) is 12.1 Å². The molecule has 2 atom stereocenters. The van der Waals surface area contributed by atoms with Gasteiger partial charge < -0.3 is 21.1 Å². The fourth-order valence-electron chi connectivity index (χ4n) is 1.80. The molecule has 0 fully saturated rings. The van der Waals surface area contributed by atoms with Crippen LogP contribution in [0.15, 0.2) is 18.2 Å². The van der Waals surface area contributed by atoms with Crippen LogP contribution in [0.4, 0.5) is 5.69 Å². The smallest absolute Gasteiger partial charge is 0.308 e. The summed E-state index contributed by atoms with van der Waals surface area (Å²) in [6.07, 6.45) is -2.79. The van der Waals surface area contributed by atoms with Gasteiger partial charge in [-0.05, 0) is 18.5 Å².